The van der Waals surface area contributed by atoms with Gasteiger partial charge in [-0.1, -0.05) is 23.4 Å². The third-order valence-electron chi connectivity index (χ3n) is 5.16. The highest BCUT2D eigenvalue weighted by atomic mass is 16.5. The van der Waals surface area contributed by atoms with Crippen molar-refractivity contribution in [3.05, 3.63) is 65.3 Å². The van der Waals surface area contributed by atoms with Crippen LogP contribution in [0.2, 0.25) is 0 Å². The molecule has 1 N–H and O–H groups in total. The van der Waals surface area contributed by atoms with E-state index in [9.17, 15) is 4.79 Å². The molecule has 1 aromatic heterocycles. The van der Waals surface area contributed by atoms with Gasteiger partial charge >= 0.3 is 0 Å². The predicted molar refractivity (Wildman–Crippen MR) is 119 cm³/mol. The standard InChI is InChI=1S/C24H25N3O5/c1-29-19-12-15(13-20(30-2)23(19)31-3)8-11-21(28)25-18-7-5-4-6-17(18)14-22-26-24(27-32-22)16-9-10-16/h4-8,11-13,16H,9-10,14H2,1-3H3,(H,25,28)/b11-8+. The number of para-hydroxylation sites is 1. The first-order valence-electron chi connectivity index (χ1n) is 10.3. The van der Waals surface area contributed by atoms with E-state index >= 15 is 0 Å². The van der Waals surface area contributed by atoms with E-state index in [-0.39, 0.29) is 5.91 Å². The van der Waals surface area contributed by atoms with E-state index in [1.165, 1.54) is 6.08 Å². The van der Waals surface area contributed by atoms with Gasteiger partial charge in [-0.3, -0.25) is 4.79 Å². The Morgan fingerprint density at radius 1 is 1.12 bits per heavy atom. The van der Waals surface area contributed by atoms with Crippen molar-refractivity contribution in [1.29, 1.82) is 0 Å². The molecule has 2 aromatic carbocycles. The maximum absolute atomic E-state index is 12.6. The Hall–Kier alpha value is -3.81. The summed E-state index contributed by atoms with van der Waals surface area (Å²) in [5.41, 5.74) is 2.33. The number of benzene rings is 2. The first kappa shape index (κ1) is 21.4. The van der Waals surface area contributed by atoms with Gasteiger partial charge < -0.3 is 24.1 Å². The van der Waals surface area contributed by atoms with Crippen LogP contribution in [0.4, 0.5) is 5.69 Å². The van der Waals surface area contributed by atoms with Crippen LogP contribution in [0.15, 0.2) is 47.0 Å². The number of ether oxygens (including phenoxy) is 3. The zero-order chi connectivity index (χ0) is 22.5. The molecule has 1 aliphatic carbocycles. The van der Waals surface area contributed by atoms with Gasteiger partial charge in [0, 0.05) is 17.7 Å². The minimum absolute atomic E-state index is 0.268. The van der Waals surface area contributed by atoms with Gasteiger partial charge in [0.1, 0.15) is 0 Å². The number of carbonyl (C=O) groups is 1. The number of nitrogens with zero attached hydrogens (tertiary/aromatic N) is 2. The van der Waals surface area contributed by atoms with E-state index in [4.69, 9.17) is 18.7 Å². The summed E-state index contributed by atoms with van der Waals surface area (Å²) in [6.07, 6.45) is 5.82. The van der Waals surface area contributed by atoms with Crippen molar-refractivity contribution in [3.63, 3.8) is 0 Å². The molecule has 32 heavy (non-hydrogen) atoms. The van der Waals surface area contributed by atoms with Crippen LogP contribution in [-0.2, 0) is 11.2 Å². The lowest BCUT2D eigenvalue weighted by Crippen LogP contribution is -2.10. The van der Waals surface area contributed by atoms with Crippen LogP contribution in [0, 0.1) is 0 Å². The second-order valence-corrected chi connectivity index (χ2v) is 7.44. The van der Waals surface area contributed by atoms with Gasteiger partial charge in [0.15, 0.2) is 17.3 Å². The van der Waals surface area contributed by atoms with E-state index in [0.717, 1.165) is 29.8 Å². The van der Waals surface area contributed by atoms with Crippen LogP contribution in [0.3, 0.4) is 0 Å². The summed E-state index contributed by atoms with van der Waals surface area (Å²) in [6.45, 7) is 0. The average molecular weight is 435 g/mol. The zero-order valence-electron chi connectivity index (χ0n) is 18.3. The average Bonchev–Trinajstić information content (AvgIpc) is 3.56. The number of anilines is 1. The minimum atomic E-state index is -0.268. The fraction of sp³-hybridized carbons (Fsp3) is 0.292. The van der Waals surface area contributed by atoms with Crippen molar-refractivity contribution in [2.75, 3.05) is 26.6 Å². The number of amides is 1. The highest BCUT2D eigenvalue weighted by Crippen LogP contribution is 2.39. The normalized spacial score (nSPS) is 13.2. The second kappa shape index (κ2) is 9.55. The number of methoxy groups -OCH3 is 3. The molecular weight excluding hydrogens is 410 g/mol. The van der Waals surface area contributed by atoms with Crippen molar-refractivity contribution in [3.8, 4) is 17.2 Å². The van der Waals surface area contributed by atoms with E-state index < -0.39 is 0 Å². The van der Waals surface area contributed by atoms with E-state index in [1.54, 1.807) is 39.5 Å². The molecule has 8 heteroatoms. The maximum Gasteiger partial charge on any atom is 0.248 e. The summed E-state index contributed by atoms with van der Waals surface area (Å²) in [4.78, 5) is 17.1. The van der Waals surface area contributed by atoms with Gasteiger partial charge in [-0.2, -0.15) is 4.98 Å². The van der Waals surface area contributed by atoms with Crippen molar-refractivity contribution in [2.24, 2.45) is 0 Å². The molecule has 8 nitrogen and oxygen atoms in total. The molecule has 166 valence electrons. The van der Waals surface area contributed by atoms with Crippen LogP contribution >= 0.6 is 0 Å². The van der Waals surface area contributed by atoms with Crippen LogP contribution in [0.1, 0.15) is 41.6 Å². The second-order valence-electron chi connectivity index (χ2n) is 7.44. The molecule has 1 saturated carbocycles. The number of hydrogen-bond acceptors (Lipinski definition) is 7. The minimum Gasteiger partial charge on any atom is -0.493 e. The van der Waals surface area contributed by atoms with E-state index in [0.29, 0.717) is 41.2 Å². The maximum atomic E-state index is 12.6. The summed E-state index contributed by atoms with van der Waals surface area (Å²) >= 11 is 0. The molecule has 1 aliphatic rings. The largest absolute Gasteiger partial charge is 0.493 e. The first-order chi connectivity index (χ1) is 15.6. The topological polar surface area (TPSA) is 95.7 Å². The summed E-state index contributed by atoms with van der Waals surface area (Å²) in [5.74, 6) is 3.01. The van der Waals surface area contributed by atoms with Gasteiger partial charge in [0.25, 0.3) is 0 Å². The Balaban J connectivity index is 1.47. The SMILES string of the molecule is COc1cc(/C=C/C(=O)Nc2ccccc2Cc2nc(C3CC3)no2)cc(OC)c1OC. The number of hydrogen-bond donors (Lipinski definition) is 1. The Morgan fingerprint density at radius 2 is 1.84 bits per heavy atom. The molecule has 0 spiro atoms. The number of nitrogens with one attached hydrogen (secondary N) is 1. The molecule has 0 aliphatic heterocycles. The monoisotopic (exact) mass is 435 g/mol. The summed E-state index contributed by atoms with van der Waals surface area (Å²) in [6, 6.07) is 11.1. The molecule has 3 aromatic rings. The molecule has 0 radical (unpaired) electrons. The highest BCUT2D eigenvalue weighted by molar-refractivity contribution is 6.02. The fourth-order valence-corrected chi connectivity index (χ4v) is 3.35. The lowest BCUT2D eigenvalue weighted by molar-refractivity contribution is -0.111. The summed E-state index contributed by atoms with van der Waals surface area (Å²) < 4.78 is 21.4. The van der Waals surface area contributed by atoms with Crippen molar-refractivity contribution >= 4 is 17.7 Å². The number of aromatic nitrogens is 2. The van der Waals surface area contributed by atoms with Crippen LogP contribution in [0.5, 0.6) is 17.2 Å². The lowest BCUT2D eigenvalue weighted by Gasteiger charge is -2.12. The number of rotatable bonds is 9. The lowest BCUT2D eigenvalue weighted by atomic mass is 10.1. The van der Waals surface area contributed by atoms with E-state index in [2.05, 4.69) is 15.5 Å². The van der Waals surface area contributed by atoms with Crippen molar-refractivity contribution in [1.82, 2.24) is 10.1 Å². The van der Waals surface area contributed by atoms with E-state index in [1.807, 2.05) is 24.3 Å². The molecule has 0 saturated heterocycles. The molecule has 1 fully saturated rings. The van der Waals surface area contributed by atoms with Crippen LogP contribution in [-0.4, -0.2) is 37.4 Å². The van der Waals surface area contributed by atoms with Crippen LogP contribution < -0.4 is 19.5 Å². The first-order valence-corrected chi connectivity index (χ1v) is 10.3. The fourth-order valence-electron chi connectivity index (χ4n) is 3.35. The van der Waals surface area contributed by atoms with Gasteiger partial charge in [-0.25, -0.2) is 0 Å². The predicted octanol–water partition coefficient (Wildman–Crippen LogP) is 4.22. The van der Waals surface area contributed by atoms with Gasteiger partial charge in [0.2, 0.25) is 17.5 Å². The molecule has 1 amide bonds. The Morgan fingerprint density at radius 3 is 2.50 bits per heavy atom. The molecular formula is C24H25N3O5. The molecule has 0 bridgehead atoms. The highest BCUT2D eigenvalue weighted by Gasteiger charge is 2.28. The summed E-state index contributed by atoms with van der Waals surface area (Å²) in [5, 5.41) is 6.97. The molecule has 1 heterocycles. The summed E-state index contributed by atoms with van der Waals surface area (Å²) in [7, 11) is 4.64. The Kier molecular flexibility index (Phi) is 6.39. The number of carbonyl (C=O) groups excluding carboxylic acids is 1. The van der Waals surface area contributed by atoms with Gasteiger partial charge in [-0.15, -0.1) is 0 Å². The zero-order valence-corrected chi connectivity index (χ0v) is 18.3. The molecule has 0 atom stereocenters. The molecule has 0 unspecified atom stereocenters. The third kappa shape index (κ3) is 4.91. The van der Waals surface area contributed by atoms with Crippen molar-refractivity contribution in [2.45, 2.75) is 25.2 Å². The van der Waals surface area contributed by atoms with Crippen LogP contribution in [0.25, 0.3) is 6.08 Å². The molecule has 4 rings (SSSR count). The third-order valence-corrected chi connectivity index (χ3v) is 5.16. The van der Waals surface area contributed by atoms with Crippen molar-refractivity contribution < 1.29 is 23.5 Å². The van der Waals surface area contributed by atoms with Gasteiger partial charge in [-0.05, 0) is 48.2 Å². The Bertz CT molecular complexity index is 1110. The smallest absolute Gasteiger partial charge is 0.248 e. The van der Waals surface area contributed by atoms with Gasteiger partial charge in [0.05, 0.1) is 27.8 Å². The quantitative estimate of drug-likeness (QED) is 0.503. The Labute approximate surface area is 186 Å².